The fourth-order valence-electron chi connectivity index (χ4n) is 2.78. The van der Waals surface area contributed by atoms with E-state index in [0.29, 0.717) is 34.1 Å². The molecule has 0 heterocycles. The fourth-order valence-corrected chi connectivity index (χ4v) is 2.78. The van der Waals surface area contributed by atoms with Crippen molar-refractivity contribution in [2.24, 2.45) is 0 Å². The van der Waals surface area contributed by atoms with Gasteiger partial charge in [-0.05, 0) is 29.3 Å². The lowest BCUT2D eigenvalue weighted by Crippen LogP contribution is -2.05. The number of hydrogen-bond donors (Lipinski definition) is 1. The normalized spacial score (nSPS) is 10.8. The van der Waals surface area contributed by atoms with E-state index < -0.39 is 5.97 Å². The van der Waals surface area contributed by atoms with E-state index in [2.05, 4.69) is 0 Å². The zero-order valence-electron chi connectivity index (χ0n) is 12.7. The molecule has 3 aromatic rings. The second-order valence-corrected chi connectivity index (χ2v) is 5.31. The minimum Gasteiger partial charge on any atom is -0.493 e. The summed E-state index contributed by atoms with van der Waals surface area (Å²) < 4.78 is 5.62. The van der Waals surface area contributed by atoms with Crippen molar-refractivity contribution in [2.45, 2.75) is 13.3 Å². The summed E-state index contributed by atoms with van der Waals surface area (Å²) in [4.78, 5) is 23.9. The second kappa shape index (κ2) is 6.08. The van der Waals surface area contributed by atoms with Crippen LogP contribution in [0.15, 0.2) is 53.3 Å². The molecule has 116 valence electrons. The lowest BCUT2D eigenvalue weighted by atomic mass is 10.0. The molecule has 4 heteroatoms. The van der Waals surface area contributed by atoms with Gasteiger partial charge >= 0.3 is 5.97 Å². The number of benzene rings is 2. The molecule has 0 aromatic heterocycles. The molecule has 0 unspecified atom stereocenters. The van der Waals surface area contributed by atoms with Crippen molar-refractivity contribution in [1.29, 1.82) is 0 Å². The van der Waals surface area contributed by atoms with Crippen molar-refractivity contribution in [2.75, 3.05) is 6.61 Å². The Bertz CT molecular complexity index is 960. The van der Waals surface area contributed by atoms with Gasteiger partial charge in [0.25, 0.3) is 0 Å². The van der Waals surface area contributed by atoms with Gasteiger partial charge in [0.1, 0.15) is 5.75 Å². The minimum atomic E-state index is -0.917. The topological polar surface area (TPSA) is 63.6 Å². The molecule has 0 atom stereocenters. The molecule has 0 fully saturated rings. The summed E-state index contributed by atoms with van der Waals surface area (Å²) in [6.45, 7) is 2.24. The number of rotatable bonds is 4. The number of carboxylic acids is 1. The van der Waals surface area contributed by atoms with Gasteiger partial charge in [0.05, 0.1) is 18.4 Å². The van der Waals surface area contributed by atoms with E-state index >= 15 is 0 Å². The molecule has 0 aliphatic heterocycles. The van der Waals surface area contributed by atoms with E-state index in [1.165, 1.54) is 0 Å². The second-order valence-electron chi connectivity index (χ2n) is 5.31. The lowest BCUT2D eigenvalue weighted by Gasteiger charge is -2.08. The Morgan fingerprint density at radius 3 is 2.57 bits per heavy atom. The molecule has 0 saturated heterocycles. The van der Waals surface area contributed by atoms with Crippen molar-refractivity contribution in [3.05, 3.63) is 64.3 Å². The molecule has 0 amide bonds. The van der Waals surface area contributed by atoms with Crippen LogP contribution in [-0.4, -0.2) is 17.7 Å². The smallest absolute Gasteiger partial charge is 0.307 e. The highest BCUT2D eigenvalue weighted by molar-refractivity contribution is 5.97. The monoisotopic (exact) mass is 308 g/mol. The van der Waals surface area contributed by atoms with Crippen LogP contribution in [0.2, 0.25) is 0 Å². The van der Waals surface area contributed by atoms with Crippen molar-refractivity contribution in [3.8, 4) is 5.75 Å². The van der Waals surface area contributed by atoms with Crippen LogP contribution >= 0.6 is 0 Å². The molecule has 23 heavy (non-hydrogen) atoms. The Morgan fingerprint density at radius 2 is 1.83 bits per heavy atom. The summed E-state index contributed by atoms with van der Waals surface area (Å²) in [5.74, 6) is -0.479. The third-order valence-corrected chi connectivity index (χ3v) is 3.72. The molecule has 0 saturated carbocycles. The van der Waals surface area contributed by atoms with Gasteiger partial charge in [0.15, 0.2) is 5.43 Å². The van der Waals surface area contributed by atoms with Gasteiger partial charge in [0, 0.05) is 5.39 Å². The third kappa shape index (κ3) is 2.88. The summed E-state index contributed by atoms with van der Waals surface area (Å²) in [5.41, 5.74) is 0.508. The van der Waals surface area contributed by atoms with Crippen LogP contribution in [-0.2, 0) is 11.2 Å². The summed E-state index contributed by atoms with van der Waals surface area (Å²) >= 11 is 0. The summed E-state index contributed by atoms with van der Waals surface area (Å²) in [5, 5.41) is 11.7. The van der Waals surface area contributed by atoms with Crippen LogP contribution in [0.4, 0.5) is 0 Å². The maximum absolute atomic E-state index is 12.9. The first kappa shape index (κ1) is 15.0. The SMILES string of the molecule is CCOc1cc(CC(=O)O)cc2ccc3ccccc3c(=O)c12. The highest BCUT2D eigenvalue weighted by Crippen LogP contribution is 2.27. The van der Waals surface area contributed by atoms with Gasteiger partial charge in [-0.2, -0.15) is 0 Å². The molecular formula is C19H16O4. The van der Waals surface area contributed by atoms with Crippen LogP contribution in [0.25, 0.3) is 21.5 Å². The summed E-state index contributed by atoms with van der Waals surface area (Å²) in [7, 11) is 0. The summed E-state index contributed by atoms with van der Waals surface area (Å²) in [6.07, 6.45) is -0.109. The molecule has 1 N–H and O–H groups in total. The number of fused-ring (bicyclic) bond motifs is 2. The minimum absolute atomic E-state index is 0.106. The first-order chi connectivity index (χ1) is 11.1. The fraction of sp³-hybridized carbons (Fsp3) is 0.158. The molecular weight excluding hydrogens is 292 g/mol. The van der Waals surface area contributed by atoms with E-state index in [-0.39, 0.29) is 11.8 Å². The maximum atomic E-state index is 12.9. The Labute approximate surface area is 132 Å². The Hall–Kier alpha value is -2.88. The van der Waals surface area contributed by atoms with E-state index in [9.17, 15) is 9.59 Å². The molecule has 3 rings (SSSR count). The number of hydrogen-bond acceptors (Lipinski definition) is 3. The van der Waals surface area contributed by atoms with Gasteiger partial charge in [-0.15, -0.1) is 0 Å². The van der Waals surface area contributed by atoms with Crippen LogP contribution in [0.5, 0.6) is 5.75 Å². The van der Waals surface area contributed by atoms with Crippen molar-refractivity contribution in [1.82, 2.24) is 0 Å². The molecule has 0 bridgehead atoms. The van der Waals surface area contributed by atoms with E-state index in [0.717, 1.165) is 5.39 Å². The Morgan fingerprint density at radius 1 is 1.09 bits per heavy atom. The highest BCUT2D eigenvalue weighted by atomic mass is 16.5. The average Bonchev–Trinajstić information content (AvgIpc) is 2.65. The Kier molecular flexibility index (Phi) is 3.98. The first-order valence-corrected chi connectivity index (χ1v) is 7.43. The highest BCUT2D eigenvalue weighted by Gasteiger charge is 2.11. The molecule has 3 aromatic carbocycles. The lowest BCUT2D eigenvalue weighted by molar-refractivity contribution is -0.136. The number of aliphatic carboxylic acids is 1. The van der Waals surface area contributed by atoms with Crippen LogP contribution in [0, 0.1) is 0 Å². The predicted molar refractivity (Wildman–Crippen MR) is 90.2 cm³/mol. The van der Waals surface area contributed by atoms with Crippen LogP contribution in [0.1, 0.15) is 12.5 Å². The predicted octanol–water partition coefficient (Wildman–Crippen LogP) is 3.38. The van der Waals surface area contributed by atoms with Gasteiger partial charge in [-0.1, -0.05) is 42.5 Å². The van der Waals surface area contributed by atoms with Gasteiger partial charge in [-0.3, -0.25) is 9.59 Å². The molecule has 0 aliphatic rings. The third-order valence-electron chi connectivity index (χ3n) is 3.72. The number of carboxylic acid groups (broad SMARTS) is 1. The van der Waals surface area contributed by atoms with E-state index in [4.69, 9.17) is 9.84 Å². The standard InChI is InChI=1S/C19H16O4/c1-2-23-16-10-12(11-17(20)21)9-14-8-7-13-5-3-4-6-15(13)19(22)18(14)16/h3-10H,2,11H2,1H3,(H,20,21). The molecule has 0 aliphatic carbocycles. The maximum Gasteiger partial charge on any atom is 0.307 e. The van der Waals surface area contributed by atoms with Crippen molar-refractivity contribution in [3.63, 3.8) is 0 Å². The van der Waals surface area contributed by atoms with E-state index in [1.807, 2.05) is 37.3 Å². The quantitative estimate of drug-likeness (QED) is 0.802. The molecule has 4 nitrogen and oxygen atoms in total. The number of ether oxygens (including phenoxy) is 1. The number of carbonyl (C=O) groups is 1. The van der Waals surface area contributed by atoms with Gasteiger partial charge in [0.2, 0.25) is 0 Å². The van der Waals surface area contributed by atoms with Gasteiger partial charge < -0.3 is 9.84 Å². The van der Waals surface area contributed by atoms with Crippen molar-refractivity contribution < 1.29 is 14.6 Å². The largest absolute Gasteiger partial charge is 0.493 e. The van der Waals surface area contributed by atoms with E-state index in [1.54, 1.807) is 18.2 Å². The van der Waals surface area contributed by atoms with Crippen LogP contribution < -0.4 is 10.2 Å². The Balaban J connectivity index is 2.42. The first-order valence-electron chi connectivity index (χ1n) is 7.43. The van der Waals surface area contributed by atoms with Gasteiger partial charge in [-0.25, -0.2) is 0 Å². The zero-order valence-corrected chi connectivity index (χ0v) is 12.7. The summed E-state index contributed by atoms with van der Waals surface area (Å²) in [6, 6.07) is 14.5. The van der Waals surface area contributed by atoms with Crippen molar-refractivity contribution >= 4 is 27.5 Å². The molecule has 0 spiro atoms. The van der Waals surface area contributed by atoms with Crippen LogP contribution in [0.3, 0.4) is 0 Å². The zero-order chi connectivity index (χ0) is 16.4. The average molecular weight is 308 g/mol. The molecule has 0 radical (unpaired) electrons.